The van der Waals surface area contributed by atoms with Gasteiger partial charge in [0.2, 0.25) is 0 Å². The van der Waals surface area contributed by atoms with E-state index in [1.165, 1.54) is 5.56 Å². The number of aryl methyl sites for hydroxylation is 2. The van der Waals surface area contributed by atoms with E-state index in [0.29, 0.717) is 5.92 Å². The minimum atomic E-state index is -0.687. The maximum atomic E-state index is 11.6. The zero-order valence-corrected chi connectivity index (χ0v) is 20.0. The van der Waals surface area contributed by atoms with Crippen molar-refractivity contribution >= 4 is 16.9 Å². The number of hydrogen-bond donors (Lipinski definition) is 1. The molecule has 0 unspecified atom stereocenters. The quantitative estimate of drug-likeness (QED) is 0.377. The van der Waals surface area contributed by atoms with Gasteiger partial charge in [0.25, 0.3) is 0 Å². The number of carboxylic acid groups (broad SMARTS) is 1. The van der Waals surface area contributed by atoms with Gasteiger partial charge < -0.3 is 19.2 Å². The third kappa shape index (κ3) is 6.56. The Morgan fingerprint density at radius 3 is 2.85 bits per heavy atom. The zero-order chi connectivity index (χ0) is 23.8. The first kappa shape index (κ1) is 24.2. The summed E-state index contributed by atoms with van der Waals surface area (Å²) in [4.78, 5) is 22.7. The van der Waals surface area contributed by atoms with Crippen LogP contribution in [0.25, 0.3) is 10.9 Å². The number of rotatable bonds is 12. The molecule has 0 aliphatic carbocycles. The molecule has 4 rings (SSSR count). The number of piperidine rings is 1. The summed E-state index contributed by atoms with van der Waals surface area (Å²) in [7, 11) is 1.68. The average Bonchev–Trinajstić information content (AvgIpc) is 3.36. The summed E-state index contributed by atoms with van der Waals surface area (Å²) in [6.45, 7) is 2.94. The number of nitrogens with zero attached hydrogens (tertiary/aromatic N) is 3. The van der Waals surface area contributed by atoms with Crippen molar-refractivity contribution in [1.29, 1.82) is 0 Å². The van der Waals surface area contributed by atoms with Gasteiger partial charge >= 0.3 is 5.97 Å². The van der Waals surface area contributed by atoms with Crippen molar-refractivity contribution in [3.63, 3.8) is 0 Å². The maximum absolute atomic E-state index is 11.6. The van der Waals surface area contributed by atoms with Gasteiger partial charge in [0.1, 0.15) is 12.0 Å². The van der Waals surface area contributed by atoms with E-state index in [1.807, 2.05) is 18.3 Å². The van der Waals surface area contributed by atoms with Crippen LogP contribution in [-0.4, -0.2) is 52.7 Å². The summed E-state index contributed by atoms with van der Waals surface area (Å²) >= 11 is 0. The molecule has 0 radical (unpaired) electrons. The third-order valence-corrected chi connectivity index (χ3v) is 7.07. The first-order chi connectivity index (χ1) is 16.6. The number of unbranched alkanes of at least 4 members (excludes halogenated alkanes) is 1. The van der Waals surface area contributed by atoms with Crippen molar-refractivity contribution < 1.29 is 19.1 Å². The van der Waals surface area contributed by atoms with Crippen molar-refractivity contribution in [3.8, 4) is 5.75 Å². The molecule has 2 aromatic heterocycles. The Hall–Kier alpha value is -2.93. The summed E-state index contributed by atoms with van der Waals surface area (Å²) in [5.74, 6) is 1.63. The second-order valence-electron chi connectivity index (χ2n) is 9.34. The van der Waals surface area contributed by atoms with Crippen molar-refractivity contribution in [2.24, 2.45) is 11.8 Å². The van der Waals surface area contributed by atoms with Gasteiger partial charge in [-0.3, -0.25) is 9.78 Å². The molecule has 0 saturated carbocycles. The monoisotopic (exact) mass is 465 g/mol. The van der Waals surface area contributed by atoms with Crippen LogP contribution in [0.15, 0.2) is 47.3 Å². The topological polar surface area (TPSA) is 88.7 Å². The first-order valence-corrected chi connectivity index (χ1v) is 12.4. The predicted molar refractivity (Wildman–Crippen MR) is 131 cm³/mol. The summed E-state index contributed by atoms with van der Waals surface area (Å²) in [5.41, 5.74) is 2.26. The van der Waals surface area contributed by atoms with Crippen molar-refractivity contribution in [2.75, 3.05) is 26.7 Å². The zero-order valence-electron chi connectivity index (χ0n) is 20.0. The number of carboxylic acids is 1. The molecule has 0 amide bonds. The first-order valence-electron chi connectivity index (χ1n) is 12.4. The lowest BCUT2D eigenvalue weighted by Gasteiger charge is -2.38. The second kappa shape index (κ2) is 12.0. The van der Waals surface area contributed by atoms with Gasteiger partial charge in [-0.1, -0.05) is 0 Å². The van der Waals surface area contributed by atoms with E-state index in [0.717, 1.165) is 87.1 Å². The Morgan fingerprint density at radius 1 is 1.15 bits per heavy atom. The Bertz CT molecular complexity index is 1050. The number of pyridine rings is 1. The minimum absolute atomic E-state index is 0.215. The van der Waals surface area contributed by atoms with Gasteiger partial charge in [-0.25, -0.2) is 4.98 Å². The van der Waals surface area contributed by atoms with Gasteiger partial charge in [-0.2, -0.15) is 0 Å². The van der Waals surface area contributed by atoms with Crippen LogP contribution in [-0.2, 0) is 17.6 Å². The standard InChI is InChI=1S/C27H35N3O4/c1-33-23-8-9-25-24(18-23)21(10-12-28-25)6-4-5-20-11-15-30(19-22(20)17-27(31)32)14-3-2-7-26-29-13-16-34-26/h8-10,12-13,16,18,20,22H,2-7,11,14-15,17,19H2,1H3,(H,31,32)/t20-,22+/m1/s1. The van der Waals surface area contributed by atoms with E-state index in [4.69, 9.17) is 9.15 Å². The normalized spacial score (nSPS) is 18.9. The molecule has 0 bridgehead atoms. The average molecular weight is 466 g/mol. The number of likely N-dealkylation sites (tertiary alicyclic amines) is 1. The highest BCUT2D eigenvalue weighted by molar-refractivity contribution is 5.83. The molecule has 1 aliphatic heterocycles. The molecule has 7 nitrogen and oxygen atoms in total. The minimum Gasteiger partial charge on any atom is -0.497 e. The number of carbonyl (C=O) groups is 1. The molecule has 3 aromatic rings. The van der Waals surface area contributed by atoms with E-state index in [-0.39, 0.29) is 12.3 Å². The van der Waals surface area contributed by atoms with Crippen LogP contribution >= 0.6 is 0 Å². The lowest BCUT2D eigenvalue weighted by Crippen LogP contribution is -2.41. The molecule has 7 heteroatoms. The molecule has 182 valence electrons. The van der Waals surface area contributed by atoms with Crippen LogP contribution in [0.5, 0.6) is 5.75 Å². The number of aliphatic carboxylic acids is 1. The fourth-order valence-corrected chi connectivity index (χ4v) is 5.26. The Kier molecular flexibility index (Phi) is 8.52. The number of oxazole rings is 1. The van der Waals surface area contributed by atoms with Gasteiger partial charge in [0, 0.05) is 31.0 Å². The Labute approximate surface area is 201 Å². The van der Waals surface area contributed by atoms with Gasteiger partial charge in [0.05, 0.1) is 18.8 Å². The van der Waals surface area contributed by atoms with Crippen molar-refractivity contribution in [1.82, 2.24) is 14.9 Å². The van der Waals surface area contributed by atoms with Crippen molar-refractivity contribution in [2.45, 2.75) is 51.4 Å². The van der Waals surface area contributed by atoms with Crippen LogP contribution in [0.3, 0.4) is 0 Å². The predicted octanol–water partition coefficient (Wildman–Crippen LogP) is 4.99. The molecule has 1 fully saturated rings. The van der Waals surface area contributed by atoms with Gasteiger partial charge in [0.15, 0.2) is 5.89 Å². The highest BCUT2D eigenvalue weighted by atomic mass is 16.5. The maximum Gasteiger partial charge on any atom is 0.303 e. The van der Waals surface area contributed by atoms with Crippen molar-refractivity contribution in [3.05, 3.63) is 54.4 Å². The lowest BCUT2D eigenvalue weighted by molar-refractivity contribution is -0.139. The number of methoxy groups -OCH3 is 1. The molecule has 1 N–H and O–H groups in total. The second-order valence-corrected chi connectivity index (χ2v) is 9.34. The number of fused-ring (bicyclic) bond motifs is 1. The molecular formula is C27H35N3O4. The fraction of sp³-hybridized carbons (Fsp3) is 0.519. The highest BCUT2D eigenvalue weighted by Gasteiger charge is 2.30. The van der Waals surface area contributed by atoms with E-state index < -0.39 is 5.97 Å². The van der Waals surface area contributed by atoms with Crippen LogP contribution in [0.4, 0.5) is 0 Å². The summed E-state index contributed by atoms with van der Waals surface area (Å²) in [6.07, 6.45) is 12.5. The summed E-state index contributed by atoms with van der Waals surface area (Å²) in [6, 6.07) is 8.10. The Balaban J connectivity index is 1.28. The van der Waals surface area contributed by atoms with E-state index in [1.54, 1.807) is 19.6 Å². The third-order valence-electron chi connectivity index (χ3n) is 7.07. The highest BCUT2D eigenvalue weighted by Crippen LogP contribution is 2.32. The summed E-state index contributed by atoms with van der Waals surface area (Å²) in [5, 5.41) is 10.6. The summed E-state index contributed by atoms with van der Waals surface area (Å²) < 4.78 is 10.7. The Morgan fingerprint density at radius 2 is 2.06 bits per heavy atom. The van der Waals surface area contributed by atoms with Gasteiger partial charge in [-0.05, 0) is 93.3 Å². The smallest absolute Gasteiger partial charge is 0.303 e. The van der Waals surface area contributed by atoms with E-state index in [2.05, 4.69) is 27.0 Å². The van der Waals surface area contributed by atoms with E-state index >= 15 is 0 Å². The van der Waals surface area contributed by atoms with Crippen LogP contribution < -0.4 is 4.74 Å². The number of aromatic nitrogens is 2. The molecule has 0 spiro atoms. The lowest BCUT2D eigenvalue weighted by atomic mass is 9.79. The molecule has 3 heterocycles. The van der Waals surface area contributed by atoms with E-state index in [9.17, 15) is 9.90 Å². The van der Waals surface area contributed by atoms with Crippen LogP contribution in [0, 0.1) is 11.8 Å². The van der Waals surface area contributed by atoms with Gasteiger partial charge in [-0.15, -0.1) is 0 Å². The largest absolute Gasteiger partial charge is 0.497 e. The SMILES string of the molecule is COc1ccc2nccc(CCC[C@@H]3CCN(CCCCc4ncco4)C[C@@H]3CC(=O)O)c2c1. The molecular weight excluding hydrogens is 430 g/mol. The van der Waals surface area contributed by atoms with Crippen LogP contribution in [0.2, 0.25) is 0 Å². The molecule has 1 aromatic carbocycles. The fourth-order valence-electron chi connectivity index (χ4n) is 5.26. The molecule has 1 saturated heterocycles. The van der Waals surface area contributed by atoms with Crippen LogP contribution in [0.1, 0.15) is 50.0 Å². The molecule has 34 heavy (non-hydrogen) atoms. The molecule has 1 aliphatic rings. The molecule has 2 atom stereocenters. The number of ether oxygens (including phenoxy) is 1. The number of benzene rings is 1. The number of hydrogen-bond acceptors (Lipinski definition) is 6.